The van der Waals surface area contributed by atoms with Gasteiger partial charge in [0.1, 0.15) is 6.54 Å². The van der Waals surface area contributed by atoms with Crippen LogP contribution in [-0.2, 0) is 16.1 Å². The first-order chi connectivity index (χ1) is 14.5. The summed E-state index contributed by atoms with van der Waals surface area (Å²) in [5, 5.41) is 0. The van der Waals surface area contributed by atoms with E-state index in [0.717, 1.165) is 4.70 Å². The third kappa shape index (κ3) is 3.84. The van der Waals surface area contributed by atoms with Gasteiger partial charge in [0, 0.05) is 23.3 Å². The van der Waals surface area contributed by atoms with Crippen LogP contribution in [0.3, 0.4) is 0 Å². The van der Waals surface area contributed by atoms with E-state index in [9.17, 15) is 14.4 Å². The van der Waals surface area contributed by atoms with Gasteiger partial charge in [-0.1, -0.05) is 23.5 Å². The summed E-state index contributed by atoms with van der Waals surface area (Å²) in [6, 6.07) is 9.85. The molecule has 1 amide bonds. The molecule has 0 spiro atoms. The molecule has 154 valence electrons. The van der Waals surface area contributed by atoms with E-state index in [1.165, 1.54) is 18.3 Å². The molecule has 0 radical (unpaired) electrons. The van der Waals surface area contributed by atoms with Crippen molar-refractivity contribution in [2.75, 3.05) is 13.4 Å². The van der Waals surface area contributed by atoms with Crippen LogP contribution in [0.25, 0.3) is 10.2 Å². The largest absolute Gasteiger partial charge is 0.465 e. The van der Waals surface area contributed by atoms with Gasteiger partial charge >= 0.3 is 5.97 Å². The zero-order valence-corrected chi connectivity index (χ0v) is 17.2. The zero-order valence-electron chi connectivity index (χ0n) is 16.3. The van der Waals surface area contributed by atoms with Gasteiger partial charge in [-0.05, 0) is 26.0 Å². The Morgan fingerprint density at radius 2 is 1.77 bits per heavy atom. The first-order valence-electron chi connectivity index (χ1n) is 9.25. The highest BCUT2D eigenvalue weighted by molar-refractivity contribution is 7.16. The maximum absolute atomic E-state index is 12.7. The Hall–Kier alpha value is -3.46. The van der Waals surface area contributed by atoms with E-state index in [1.54, 1.807) is 47.9 Å². The number of aromatic nitrogens is 1. The summed E-state index contributed by atoms with van der Waals surface area (Å²) in [6.07, 6.45) is 0. The second-order valence-corrected chi connectivity index (χ2v) is 7.51. The molecular weight excluding hydrogens is 408 g/mol. The maximum atomic E-state index is 12.7. The third-order valence-electron chi connectivity index (χ3n) is 4.51. The van der Waals surface area contributed by atoms with E-state index in [-0.39, 0.29) is 25.7 Å². The second-order valence-electron chi connectivity index (χ2n) is 6.50. The molecule has 0 unspecified atom stereocenters. The fraction of sp³-hybridized carbons (Fsp3) is 0.238. The number of ketones is 1. The Morgan fingerprint density at radius 1 is 1.10 bits per heavy atom. The van der Waals surface area contributed by atoms with Crippen LogP contribution in [-0.4, -0.2) is 35.6 Å². The summed E-state index contributed by atoms with van der Waals surface area (Å²) in [4.78, 5) is 40.9. The molecule has 0 saturated carbocycles. The number of ether oxygens (including phenoxy) is 3. The molecule has 3 aromatic rings. The Labute approximate surface area is 175 Å². The molecule has 0 atom stereocenters. The van der Waals surface area contributed by atoms with E-state index in [4.69, 9.17) is 14.2 Å². The molecule has 2 heterocycles. The van der Waals surface area contributed by atoms with E-state index >= 15 is 0 Å². The summed E-state index contributed by atoms with van der Waals surface area (Å²) in [5.41, 5.74) is 1.55. The van der Waals surface area contributed by atoms with Crippen LogP contribution in [0.15, 0.2) is 41.4 Å². The molecule has 30 heavy (non-hydrogen) atoms. The number of carbonyl (C=O) groups is 3. The smallest absolute Gasteiger partial charge is 0.326 e. The van der Waals surface area contributed by atoms with Gasteiger partial charge in [0.15, 0.2) is 22.1 Å². The lowest BCUT2D eigenvalue weighted by molar-refractivity contribution is -0.143. The Morgan fingerprint density at radius 3 is 2.43 bits per heavy atom. The summed E-state index contributed by atoms with van der Waals surface area (Å²) < 4.78 is 18.3. The number of amides is 1. The lowest BCUT2D eigenvalue weighted by atomic mass is 10.1. The highest BCUT2D eigenvalue weighted by atomic mass is 32.1. The minimum atomic E-state index is -0.477. The van der Waals surface area contributed by atoms with Gasteiger partial charge in [-0.15, -0.1) is 0 Å². The Kier molecular flexibility index (Phi) is 5.37. The van der Waals surface area contributed by atoms with Crippen LogP contribution in [0, 0.1) is 0 Å². The molecule has 2 aromatic carbocycles. The predicted octanol–water partition coefficient (Wildman–Crippen LogP) is 2.94. The topological polar surface area (TPSA) is 96.2 Å². The van der Waals surface area contributed by atoms with Crippen LogP contribution in [0.4, 0.5) is 0 Å². The number of rotatable bonds is 5. The summed E-state index contributed by atoms with van der Waals surface area (Å²) >= 11 is 1.26. The maximum Gasteiger partial charge on any atom is 0.326 e. The summed E-state index contributed by atoms with van der Waals surface area (Å²) in [7, 11) is 0. The highest BCUT2D eigenvalue weighted by Gasteiger charge is 2.19. The molecule has 9 heteroatoms. The van der Waals surface area contributed by atoms with Crippen molar-refractivity contribution in [1.82, 2.24) is 4.57 Å². The molecule has 0 bridgehead atoms. The number of fused-ring (bicyclic) bond motifs is 2. The number of nitrogens with zero attached hydrogens (tertiary/aromatic N) is 2. The van der Waals surface area contributed by atoms with Crippen LogP contribution in [0.5, 0.6) is 11.5 Å². The molecule has 1 aliphatic rings. The zero-order chi connectivity index (χ0) is 21.3. The molecule has 1 aliphatic heterocycles. The average molecular weight is 426 g/mol. The summed E-state index contributed by atoms with van der Waals surface area (Å²) in [5.74, 6) is 0.171. The van der Waals surface area contributed by atoms with Crippen molar-refractivity contribution >= 4 is 39.2 Å². The van der Waals surface area contributed by atoms with Gasteiger partial charge in [0.25, 0.3) is 5.91 Å². The van der Waals surface area contributed by atoms with Crippen molar-refractivity contribution in [2.45, 2.75) is 20.4 Å². The quantitative estimate of drug-likeness (QED) is 0.460. The van der Waals surface area contributed by atoms with Crippen LogP contribution >= 0.6 is 11.3 Å². The standard InChI is InChI=1S/C21H18N2O6S/c1-3-27-19(25)10-23-15-8-16-17(29-11-28-16)9-18(15)30-21(23)22-20(26)14-6-4-13(5-7-14)12(2)24/h4-9H,3,10-11H2,1-2H3. The molecular formula is C21H18N2O6S. The van der Waals surface area contributed by atoms with Gasteiger partial charge in [-0.25, -0.2) is 0 Å². The average Bonchev–Trinajstić information content (AvgIpc) is 3.30. The van der Waals surface area contributed by atoms with Crippen molar-refractivity contribution in [3.05, 3.63) is 52.3 Å². The number of carbonyl (C=O) groups excluding carboxylic acids is 3. The van der Waals surface area contributed by atoms with E-state index in [2.05, 4.69) is 4.99 Å². The van der Waals surface area contributed by atoms with Crippen molar-refractivity contribution < 1.29 is 28.6 Å². The van der Waals surface area contributed by atoms with E-state index < -0.39 is 11.9 Å². The van der Waals surface area contributed by atoms with Gasteiger partial charge in [0.2, 0.25) is 6.79 Å². The van der Waals surface area contributed by atoms with Crippen molar-refractivity contribution in [2.24, 2.45) is 4.99 Å². The SMILES string of the molecule is CCOC(=O)Cn1c(=NC(=O)c2ccc(C(C)=O)cc2)sc2cc3c(cc21)OCO3. The van der Waals surface area contributed by atoms with E-state index in [1.807, 2.05) is 0 Å². The second kappa shape index (κ2) is 8.11. The van der Waals surface area contributed by atoms with Crippen molar-refractivity contribution in [3.8, 4) is 11.5 Å². The summed E-state index contributed by atoms with van der Waals surface area (Å²) in [6.45, 7) is 3.48. The van der Waals surface area contributed by atoms with Crippen LogP contribution < -0.4 is 14.3 Å². The molecule has 0 N–H and O–H groups in total. The number of hydrogen-bond acceptors (Lipinski definition) is 7. The lowest BCUT2D eigenvalue weighted by Gasteiger charge is -2.05. The fourth-order valence-corrected chi connectivity index (χ4v) is 4.07. The molecule has 8 nitrogen and oxygen atoms in total. The Balaban J connectivity index is 1.78. The van der Waals surface area contributed by atoms with Crippen molar-refractivity contribution in [3.63, 3.8) is 0 Å². The van der Waals surface area contributed by atoms with Gasteiger partial charge in [0.05, 0.1) is 16.8 Å². The van der Waals surface area contributed by atoms with Crippen LogP contribution in [0.1, 0.15) is 34.6 Å². The highest BCUT2D eigenvalue weighted by Crippen LogP contribution is 2.37. The number of Topliss-reactive ketones (excluding diaryl/α,β-unsaturated/α-hetero) is 1. The van der Waals surface area contributed by atoms with E-state index in [0.29, 0.717) is 32.9 Å². The first-order valence-corrected chi connectivity index (χ1v) is 10.1. The number of esters is 1. The number of thiazole rings is 1. The normalized spacial score (nSPS) is 12.9. The molecule has 0 saturated heterocycles. The lowest BCUT2D eigenvalue weighted by Crippen LogP contribution is -2.23. The minimum Gasteiger partial charge on any atom is -0.465 e. The number of benzene rings is 2. The number of hydrogen-bond donors (Lipinski definition) is 0. The molecule has 0 aliphatic carbocycles. The first kappa shape index (κ1) is 19.8. The molecule has 4 rings (SSSR count). The molecule has 1 aromatic heterocycles. The van der Waals surface area contributed by atoms with Crippen molar-refractivity contribution in [1.29, 1.82) is 0 Å². The minimum absolute atomic E-state index is 0.0831. The van der Waals surface area contributed by atoms with Crippen LogP contribution in [0.2, 0.25) is 0 Å². The van der Waals surface area contributed by atoms with Gasteiger partial charge in [-0.3, -0.25) is 14.4 Å². The Bertz CT molecular complexity index is 1220. The van der Waals surface area contributed by atoms with Gasteiger partial charge in [-0.2, -0.15) is 4.99 Å². The molecule has 0 fully saturated rings. The monoisotopic (exact) mass is 426 g/mol. The predicted molar refractivity (Wildman–Crippen MR) is 109 cm³/mol. The van der Waals surface area contributed by atoms with Gasteiger partial charge < -0.3 is 18.8 Å². The fourth-order valence-electron chi connectivity index (χ4n) is 3.03. The third-order valence-corrected chi connectivity index (χ3v) is 5.55.